The number of anilines is 1. The molecule has 3 aromatic rings. The molecule has 8 heteroatoms. The Labute approximate surface area is 170 Å². The van der Waals surface area contributed by atoms with E-state index in [1.165, 1.54) is 30.0 Å². The SMILES string of the molecule is CC(=O)Nc1nc(COC(=O)c2ccccc2Sc2ccccc2C#N)cs1. The highest BCUT2D eigenvalue weighted by Gasteiger charge is 2.15. The lowest BCUT2D eigenvalue weighted by molar-refractivity contribution is -0.114. The second kappa shape index (κ2) is 9.17. The molecule has 0 saturated carbocycles. The van der Waals surface area contributed by atoms with Crippen molar-refractivity contribution in [3.05, 3.63) is 70.7 Å². The number of rotatable bonds is 6. The molecule has 1 aromatic heterocycles. The van der Waals surface area contributed by atoms with Crippen molar-refractivity contribution < 1.29 is 14.3 Å². The number of ether oxygens (including phenoxy) is 1. The van der Waals surface area contributed by atoms with Crippen molar-refractivity contribution in [3.8, 4) is 6.07 Å². The van der Waals surface area contributed by atoms with Gasteiger partial charge in [-0.25, -0.2) is 9.78 Å². The number of nitrogens with zero attached hydrogens (tertiary/aromatic N) is 2. The standard InChI is InChI=1S/C20H15N3O3S2/c1-13(24)22-20-23-15(12-27-20)11-26-19(25)16-7-3-5-9-18(16)28-17-8-4-2-6-14(17)10-21/h2-9,12H,11H2,1H3,(H,22,23,24). The van der Waals surface area contributed by atoms with E-state index in [9.17, 15) is 14.9 Å². The molecule has 1 amide bonds. The lowest BCUT2D eigenvalue weighted by Crippen LogP contribution is -2.08. The van der Waals surface area contributed by atoms with Gasteiger partial charge in [-0.05, 0) is 24.3 Å². The van der Waals surface area contributed by atoms with Crippen molar-refractivity contribution in [2.45, 2.75) is 23.3 Å². The predicted molar refractivity (Wildman–Crippen MR) is 107 cm³/mol. The first-order valence-electron chi connectivity index (χ1n) is 8.22. The maximum absolute atomic E-state index is 12.6. The Morgan fingerprint density at radius 1 is 1.18 bits per heavy atom. The molecular formula is C20H15N3O3S2. The van der Waals surface area contributed by atoms with Gasteiger partial charge in [0.1, 0.15) is 12.7 Å². The lowest BCUT2D eigenvalue weighted by atomic mass is 10.2. The van der Waals surface area contributed by atoms with E-state index in [0.717, 1.165) is 4.90 Å². The van der Waals surface area contributed by atoms with E-state index in [-0.39, 0.29) is 12.5 Å². The first kappa shape index (κ1) is 19.6. The molecule has 0 aliphatic rings. The van der Waals surface area contributed by atoms with Gasteiger partial charge in [-0.15, -0.1) is 11.3 Å². The number of nitrogens with one attached hydrogen (secondary N) is 1. The molecule has 1 heterocycles. The summed E-state index contributed by atoms with van der Waals surface area (Å²) in [6.45, 7) is 1.41. The molecule has 0 atom stereocenters. The summed E-state index contributed by atoms with van der Waals surface area (Å²) in [5.74, 6) is -0.687. The van der Waals surface area contributed by atoms with Crippen LogP contribution in [0.3, 0.4) is 0 Å². The molecule has 140 valence electrons. The Kier molecular flexibility index (Phi) is 6.42. The minimum atomic E-state index is -0.480. The van der Waals surface area contributed by atoms with Crippen LogP contribution in [0.25, 0.3) is 0 Å². The number of carbonyl (C=O) groups excluding carboxylic acids is 2. The van der Waals surface area contributed by atoms with Crippen molar-refractivity contribution in [1.29, 1.82) is 5.26 Å². The quantitative estimate of drug-likeness (QED) is 0.604. The van der Waals surface area contributed by atoms with Crippen LogP contribution in [0.4, 0.5) is 5.13 Å². The molecule has 28 heavy (non-hydrogen) atoms. The maximum Gasteiger partial charge on any atom is 0.339 e. The molecule has 0 aliphatic heterocycles. The van der Waals surface area contributed by atoms with Crippen molar-refractivity contribution >= 4 is 40.1 Å². The van der Waals surface area contributed by atoms with Crippen molar-refractivity contribution in [3.63, 3.8) is 0 Å². The number of carbonyl (C=O) groups is 2. The lowest BCUT2D eigenvalue weighted by Gasteiger charge is -2.09. The Morgan fingerprint density at radius 2 is 1.89 bits per heavy atom. The summed E-state index contributed by atoms with van der Waals surface area (Å²) in [5, 5.41) is 14.0. The Hall–Kier alpha value is -3.15. The molecule has 0 saturated heterocycles. The van der Waals surface area contributed by atoms with E-state index in [0.29, 0.717) is 26.8 Å². The largest absolute Gasteiger partial charge is 0.456 e. The highest BCUT2D eigenvalue weighted by atomic mass is 32.2. The number of thiazole rings is 1. The Balaban J connectivity index is 1.71. The molecule has 6 nitrogen and oxygen atoms in total. The molecular weight excluding hydrogens is 394 g/mol. The number of nitriles is 1. The van der Waals surface area contributed by atoms with Gasteiger partial charge >= 0.3 is 5.97 Å². The van der Waals surface area contributed by atoms with Gasteiger partial charge in [0.25, 0.3) is 0 Å². The van der Waals surface area contributed by atoms with Gasteiger partial charge in [-0.2, -0.15) is 5.26 Å². The first-order valence-corrected chi connectivity index (χ1v) is 9.91. The van der Waals surface area contributed by atoms with Crippen LogP contribution in [0.2, 0.25) is 0 Å². The predicted octanol–water partition coefficient (Wildman–Crippen LogP) is 4.48. The highest BCUT2D eigenvalue weighted by molar-refractivity contribution is 7.99. The third-order valence-electron chi connectivity index (χ3n) is 3.52. The summed E-state index contributed by atoms with van der Waals surface area (Å²) in [6, 6.07) is 16.5. The molecule has 0 spiro atoms. The van der Waals surface area contributed by atoms with E-state index in [4.69, 9.17) is 4.74 Å². The van der Waals surface area contributed by atoms with Crippen LogP contribution in [-0.4, -0.2) is 16.9 Å². The van der Waals surface area contributed by atoms with E-state index in [1.54, 1.807) is 29.6 Å². The van der Waals surface area contributed by atoms with Gasteiger partial charge in [-0.3, -0.25) is 4.79 Å². The zero-order chi connectivity index (χ0) is 19.9. The maximum atomic E-state index is 12.6. The second-order valence-corrected chi connectivity index (χ2v) is 7.55. The van der Waals surface area contributed by atoms with E-state index in [2.05, 4.69) is 16.4 Å². The molecule has 2 aromatic carbocycles. The molecule has 0 bridgehead atoms. The summed E-state index contributed by atoms with van der Waals surface area (Å²) in [5.41, 5.74) is 1.52. The molecule has 1 N–H and O–H groups in total. The molecule has 0 fully saturated rings. The van der Waals surface area contributed by atoms with Gasteiger partial charge in [-0.1, -0.05) is 36.0 Å². The topological polar surface area (TPSA) is 92.1 Å². The summed E-state index contributed by atoms with van der Waals surface area (Å²) in [4.78, 5) is 29.3. The fraction of sp³-hybridized carbons (Fsp3) is 0.100. The molecule has 3 rings (SSSR count). The van der Waals surface area contributed by atoms with Crippen molar-refractivity contribution in [2.24, 2.45) is 0 Å². The number of hydrogen-bond donors (Lipinski definition) is 1. The summed E-state index contributed by atoms with van der Waals surface area (Å²) < 4.78 is 5.38. The number of hydrogen-bond acceptors (Lipinski definition) is 7. The Bertz CT molecular complexity index is 1060. The molecule has 0 aliphatic carbocycles. The zero-order valence-electron chi connectivity index (χ0n) is 14.8. The van der Waals surface area contributed by atoms with Gasteiger partial charge in [0.2, 0.25) is 5.91 Å². The monoisotopic (exact) mass is 409 g/mol. The molecule has 0 unspecified atom stereocenters. The summed E-state index contributed by atoms with van der Waals surface area (Å²) in [7, 11) is 0. The highest BCUT2D eigenvalue weighted by Crippen LogP contribution is 2.33. The third kappa shape index (κ3) is 4.97. The number of esters is 1. The van der Waals surface area contributed by atoms with Crippen LogP contribution in [0, 0.1) is 11.3 Å². The summed E-state index contributed by atoms with van der Waals surface area (Å²) in [6.07, 6.45) is 0. The van der Waals surface area contributed by atoms with Gasteiger partial charge in [0.15, 0.2) is 5.13 Å². The van der Waals surface area contributed by atoms with Crippen LogP contribution in [0.5, 0.6) is 0 Å². The third-order valence-corrected chi connectivity index (χ3v) is 5.48. The zero-order valence-corrected chi connectivity index (χ0v) is 16.5. The second-order valence-electron chi connectivity index (χ2n) is 5.61. The fourth-order valence-electron chi connectivity index (χ4n) is 2.29. The van der Waals surface area contributed by atoms with Gasteiger partial charge < -0.3 is 10.1 Å². The normalized spacial score (nSPS) is 10.1. The summed E-state index contributed by atoms with van der Waals surface area (Å²) >= 11 is 2.61. The first-order chi connectivity index (χ1) is 13.6. The minimum absolute atomic E-state index is 0.00268. The van der Waals surface area contributed by atoms with E-state index < -0.39 is 5.97 Å². The number of benzene rings is 2. The van der Waals surface area contributed by atoms with Crippen LogP contribution in [0.1, 0.15) is 28.5 Å². The van der Waals surface area contributed by atoms with Crippen molar-refractivity contribution in [1.82, 2.24) is 4.98 Å². The smallest absolute Gasteiger partial charge is 0.339 e. The van der Waals surface area contributed by atoms with Gasteiger partial charge in [0.05, 0.1) is 16.8 Å². The fourth-order valence-corrected chi connectivity index (χ4v) is 4.05. The Morgan fingerprint density at radius 3 is 2.64 bits per heavy atom. The van der Waals surface area contributed by atoms with Crippen molar-refractivity contribution in [2.75, 3.05) is 5.32 Å². The van der Waals surface area contributed by atoms with Crippen LogP contribution >= 0.6 is 23.1 Å². The molecule has 0 radical (unpaired) electrons. The van der Waals surface area contributed by atoms with Crippen LogP contribution < -0.4 is 5.32 Å². The van der Waals surface area contributed by atoms with E-state index in [1.807, 2.05) is 24.3 Å². The minimum Gasteiger partial charge on any atom is -0.456 e. The van der Waals surface area contributed by atoms with Gasteiger partial charge in [0, 0.05) is 22.1 Å². The average Bonchev–Trinajstić information content (AvgIpc) is 3.13. The number of amides is 1. The van der Waals surface area contributed by atoms with Crippen LogP contribution in [-0.2, 0) is 16.1 Å². The number of aromatic nitrogens is 1. The van der Waals surface area contributed by atoms with E-state index >= 15 is 0 Å². The average molecular weight is 409 g/mol. The van der Waals surface area contributed by atoms with Crippen LogP contribution in [0.15, 0.2) is 63.7 Å².